The number of para-hydroxylation sites is 8. The molecule has 0 radical (unpaired) electrons. The van der Waals surface area contributed by atoms with E-state index in [9.17, 15) is 0 Å². The fourth-order valence-corrected chi connectivity index (χ4v) is 22.1. The van der Waals surface area contributed by atoms with Crippen molar-refractivity contribution in [3.05, 3.63) is 291 Å². The monoisotopic (exact) mass is 1260 g/mol. The largest absolute Gasteiger partial charge is 0.307 e. The number of fused-ring (bicyclic) bond motifs is 20. The molecule has 0 aliphatic carbocycles. The Kier molecular flexibility index (Phi) is 11.0. The van der Waals surface area contributed by atoms with E-state index in [1.165, 1.54) is 159 Å². The minimum absolute atomic E-state index is 0.00449. The highest BCUT2D eigenvalue weighted by atomic mass is 32.2. The molecule has 10 heteroatoms. The molecule has 94 heavy (non-hydrogen) atoms. The molecular weight excluding hydrogens is 1210 g/mol. The number of hydrogen-bond acceptors (Lipinski definition) is 4. The first-order chi connectivity index (χ1) is 46.7. The minimum Gasteiger partial charge on any atom is -0.307 e. The molecule has 0 saturated carbocycles. The van der Waals surface area contributed by atoms with Gasteiger partial charge in [0.05, 0.1) is 66.9 Å². The first kappa shape index (κ1) is 52.3. The molecule has 0 atom stereocenters. The topological polar surface area (TPSA) is 19.7 Å². The van der Waals surface area contributed by atoms with E-state index in [-0.39, 0.29) is 13.4 Å². The van der Waals surface area contributed by atoms with Crippen LogP contribution in [0.4, 0.5) is 0 Å². The zero-order valence-electron chi connectivity index (χ0n) is 50.3. The third-order valence-corrected chi connectivity index (χ3v) is 25.3. The van der Waals surface area contributed by atoms with E-state index in [1.807, 2.05) is 47.0 Å². The van der Waals surface area contributed by atoms with Crippen LogP contribution in [0, 0.1) is 0 Å². The van der Waals surface area contributed by atoms with E-state index in [1.54, 1.807) is 0 Å². The lowest BCUT2D eigenvalue weighted by Crippen LogP contribution is -2.58. The summed E-state index contributed by atoms with van der Waals surface area (Å²) in [4.78, 5) is 10.4. The van der Waals surface area contributed by atoms with Gasteiger partial charge in [0.15, 0.2) is 0 Å². The normalized spacial score (nSPS) is 13.5. The molecule has 0 bridgehead atoms. The second-order valence-electron chi connectivity index (χ2n) is 25.2. The van der Waals surface area contributed by atoms with Gasteiger partial charge in [-0.15, -0.1) is 0 Å². The molecule has 14 aromatic carbocycles. The van der Waals surface area contributed by atoms with E-state index in [0.29, 0.717) is 0 Å². The molecule has 22 rings (SSSR count). The quantitative estimate of drug-likeness (QED) is 0.160. The zero-order chi connectivity index (χ0) is 61.0. The summed E-state index contributed by atoms with van der Waals surface area (Å²) < 4.78 is 10.5. The van der Waals surface area contributed by atoms with E-state index >= 15 is 0 Å². The molecule has 0 spiro atoms. The van der Waals surface area contributed by atoms with Crippen molar-refractivity contribution in [1.82, 2.24) is 18.3 Å². The van der Waals surface area contributed by atoms with Crippen LogP contribution < -0.4 is 32.8 Å². The summed E-state index contributed by atoms with van der Waals surface area (Å²) in [5, 5.41) is 9.81. The van der Waals surface area contributed by atoms with Crippen molar-refractivity contribution in [2.45, 2.75) is 39.2 Å². The summed E-state index contributed by atoms with van der Waals surface area (Å²) >= 11 is 7.85. The van der Waals surface area contributed by atoms with Gasteiger partial charge in [-0.25, -0.2) is 0 Å². The standard InChI is InChI=1S/C84H48B2N4S4/c1-11-35-61-49(23-1)50-24-2-12-36-62(50)87(61)67-41-21-29-55-53-27-5-15-39-65(53)89(81(55)67)69-47-75-79-83(93-73-45-19-9-33-59(73)85(79)57-31-7-17-43-71(57)91-75)77(69)78-70(48-76-80-84(78)94-74-46-20-10-34-60(74)86(80)58-32-8-18-44-72(58)92-76)90-66-40-16-6-28-54(66)56-30-22-42-68(82(56)90)88-63-37-13-3-25-51(63)52-26-4-14-38-64(52)88/h1-48H. The van der Waals surface area contributed by atoms with E-state index < -0.39 is 0 Å². The van der Waals surface area contributed by atoms with Gasteiger partial charge in [0.2, 0.25) is 13.4 Å². The maximum absolute atomic E-state index is 2.71. The number of nitrogens with zero attached hydrogens (tertiary/aromatic N) is 4. The molecule has 8 heterocycles. The number of benzene rings is 14. The van der Waals surface area contributed by atoms with Gasteiger partial charge in [0, 0.05) is 93.4 Å². The zero-order valence-corrected chi connectivity index (χ0v) is 53.6. The molecule has 0 saturated heterocycles. The Morgan fingerprint density at radius 3 is 0.819 bits per heavy atom. The van der Waals surface area contributed by atoms with Gasteiger partial charge in [0.25, 0.3) is 0 Å². The van der Waals surface area contributed by atoms with Crippen LogP contribution in [0.1, 0.15) is 0 Å². The Morgan fingerprint density at radius 1 is 0.213 bits per heavy atom. The Labute approximate surface area is 558 Å². The Balaban J connectivity index is 0.972. The Morgan fingerprint density at radius 2 is 0.479 bits per heavy atom. The second-order valence-corrected chi connectivity index (χ2v) is 29.5. The highest BCUT2D eigenvalue weighted by molar-refractivity contribution is 8.02. The predicted molar refractivity (Wildman–Crippen MR) is 401 cm³/mol. The van der Waals surface area contributed by atoms with Crippen molar-refractivity contribution < 1.29 is 0 Å². The van der Waals surface area contributed by atoms with Crippen molar-refractivity contribution in [2.75, 3.05) is 0 Å². The lowest BCUT2D eigenvalue weighted by molar-refractivity contribution is 1.09. The second kappa shape index (κ2) is 19.7. The number of hydrogen-bond donors (Lipinski definition) is 0. The highest BCUT2D eigenvalue weighted by Crippen LogP contribution is 2.55. The van der Waals surface area contributed by atoms with E-state index in [2.05, 4.69) is 309 Å². The molecule has 0 fully saturated rings. The van der Waals surface area contributed by atoms with Gasteiger partial charge in [-0.1, -0.05) is 275 Å². The maximum atomic E-state index is 2.71. The highest BCUT2D eigenvalue weighted by Gasteiger charge is 2.45. The van der Waals surface area contributed by atoms with Crippen molar-refractivity contribution >= 4 is 180 Å². The average Bonchev–Trinajstić information content (AvgIpc) is 1.26. The first-order valence-corrected chi connectivity index (χ1v) is 35.5. The smallest absolute Gasteiger partial charge is 0.247 e. The number of aromatic nitrogens is 4. The molecule has 18 aromatic rings. The summed E-state index contributed by atoms with van der Waals surface area (Å²) in [7, 11) is 0. The van der Waals surface area contributed by atoms with Gasteiger partial charge >= 0.3 is 0 Å². The maximum Gasteiger partial charge on any atom is 0.247 e. The van der Waals surface area contributed by atoms with Crippen molar-refractivity contribution in [2.24, 2.45) is 0 Å². The van der Waals surface area contributed by atoms with Gasteiger partial charge in [-0.3, -0.25) is 0 Å². The lowest BCUT2D eigenvalue weighted by atomic mass is 9.36. The van der Waals surface area contributed by atoms with Crippen LogP contribution in [-0.2, 0) is 0 Å². The van der Waals surface area contributed by atoms with Crippen molar-refractivity contribution in [1.29, 1.82) is 0 Å². The van der Waals surface area contributed by atoms with Gasteiger partial charge < -0.3 is 18.3 Å². The first-order valence-electron chi connectivity index (χ1n) is 32.2. The predicted octanol–water partition coefficient (Wildman–Crippen LogP) is 18.6. The van der Waals surface area contributed by atoms with Gasteiger partial charge in [0.1, 0.15) is 0 Å². The summed E-state index contributed by atoms with van der Waals surface area (Å²) in [6.07, 6.45) is 0. The summed E-state index contributed by atoms with van der Waals surface area (Å²) in [6.45, 7) is -0.00898. The fourth-order valence-electron chi connectivity index (χ4n) is 16.9. The number of rotatable bonds is 5. The van der Waals surface area contributed by atoms with Crippen LogP contribution in [0.25, 0.3) is 121 Å². The summed E-state index contributed by atoms with van der Waals surface area (Å²) in [5.74, 6) is 0. The molecule has 4 aliphatic heterocycles. The van der Waals surface area contributed by atoms with E-state index in [0.717, 1.165) is 33.8 Å². The molecule has 434 valence electrons. The van der Waals surface area contributed by atoms with E-state index in [4.69, 9.17) is 0 Å². The molecule has 0 unspecified atom stereocenters. The van der Waals surface area contributed by atoms with Gasteiger partial charge in [-0.2, -0.15) is 0 Å². The Bertz CT molecular complexity index is 5910. The van der Waals surface area contributed by atoms with Crippen LogP contribution in [0.2, 0.25) is 0 Å². The molecular formula is C84H48B2N4S4. The van der Waals surface area contributed by atoms with Crippen LogP contribution in [-0.4, -0.2) is 31.7 Å². The van der Waals surface area contributed by atoms with Crippen LogP contribution in [0.3, 0.4) is 0 Å². The molecule has 4 aromatic heterocycles. The fraction of sp³-hybridized carbons (Fsp3) is 0. The van der Waals surface area contributed by atoms with Crippen LogP contribution >= 0.6 is 47.0 Å². The average molecular weight is 1260 g/mol. The van der Waals surface area contributed by atoms with Crippen LogP contribution in [0.5, 0.6) is 0 Å². The third kappa shape index (κ3) is 7.02. The molecule has 0 amide bonds. The lowest BCUT2D eigenvalue weighted by Gasteiger charge is -2.38. The SMILES string of the molecule is c1ccc2c(c1)Sc1cc(-n3c4ccccc4c4cccc(-n5c6ccccc6c6ccccc65)c43)c(-c3c(-n4c5ccccc5c5cccc(-n6c7ccccc7c7ccccc76)c54)cc4c5c3Sc3ccccc3B5c3ccccc3S4)c3c1B2c1ccccc1S3. The summed E-state index contributed by atoms with van der Waals surface area (Å²) in [5.41, 5.74) is 24.7. The molecule has 4 nitrogen and oxygen atoms in total. The van der Waals surface area contributed by atoms with Gasteiger partial charge in [-0.05, 0) is 95.9 Å². The van der Waals surface area contributed by atoms with Crippen molar-refractivity contribution in [3.8, 4) is 33.9 Å². The van der Waals surface area contributed by atoms with Crippen LogP contribution in [0.15, 0.2) is 330 Å². The Hall–Kier alpha value is -10.2. The van der Waals surface area contributed by atoms with Crippen molar-refractivity contribution in [3.63, 3.8) is 0 Å². The molecule has 4 aliphatic rings. The summed E-state index contributed by atoms with van der Waals surface area (Å²) in [6, 6.07) is 111. The minimum atomic E-state index is -0.00449. The molecule has 0 N–H and O–H groups in total. The third-order valence-electron chi connectivity index (χ3n) is 20.6.